The number of benzene rings is 1. The molecule has 0 unspecified atom stereocenters. The quantitative estimate of drug-likeness (QED) is 0.587. The van der Waals surface area contributed by atoms with Gasteiger partial charge in [0.05, 0.1) is 5.69 Å². The number of imidazole rings is 1. The Morgan fingerprint density at radius 3 is 2.32 bits per heavy atom. The zero-order valence-corrected chi connectivity index (χ0v) is 20.2. The van der Waals surface area contributed by atoms with Crippen LogP contribution >= 0.6 is 0 Å². The van der Waals surface area contributed by atoms with Crippen LogP contribution in [-0.2, 0) is 18.8 Å². The van der Waals surface area contributed by atoms with E-state index >= 15 is 0 Å². The predicted octanol–water partition coefficient (Wildman–Crippen LogP) is 2.12. The van der Waals surface area contributed by atoms with Gasteiger partial charge in [0.25, 0.3) is 5.56 Å². The number of anilines is 1. The number of para-hydroxylation sites is 1. The first kappa shape index (κ1) is 23.3. The average Bonchev–Trinajstić information content (AvgIpc) is 3.21. The third-order valence-electron chi connectivity index (χ3n) is 5.85. The minimum Gasteiger partial charge on any atom is -0.444 e. The van der Waals surface area contributed by atoms with Crippen molar-refractivity contribution in [2.45, 2.75) is 26.4 Å². The summed E-state index contributed by atoms with van der Waals surface area (Å²) < 4.78 is 9.75. The van der Waals surface area contributed by atoms with Gasteiger partial charge in [-0.1, -0.05) is 30.9 Å². The number of amides is 1. The minimum absolute atomic E-state index is 0.302. The van der Waals surface area contributed by atoms with E-state index in [1.54, 1.807) is 22.6 Å². The first-order valence-electron chi connectivity index (χ1n) is 11.2. The summed E-state index contributed by atoms with van der Waals surface area (Å²) in [5.41, 5.74) is 0.733. The Labute approximate surface area is 197 Å². The van der Waals surface area contributed by atoms with Crippen LogP contribution in [0, 0.1) is 0 Å². The topological polar surface area (TPSA) is 94.6 Å². The molecule has 180 valence electrons. The van der Waals surface area contributed by atoms with Crippen LogP contribution in [0.2, 0.25) is 0 Å². The lowest BCUT2D eigenvalue weighted by atomic mass is 10.1. The molecule has 3 heterocycles. The second kappa shape index (κ2) is 8.51. The van der Waals surface area contributed by atoms with Gasteiger partial charge >= 0.3 is 11.8 Å². The maximum absolute atomic E-state index is 13.2. The molecule has 0 radical (unpaired) electrons. The van der Waals surface area contributed by atoms with E-state index in [0.717, 1.165) is 15.8 Å². The van der Waals surface area contributed by atoms with Gasteiger partial charge in [-0.05, 0) is 32.4 Å². The second-order valence-corrected chi connectivity index (χ2v) is 9.34. The normalized spacial score (nSPS) is 14.5. The van der Waals surface area contributed by atoms with Gasteiger partial charge in [-0.2, -0.15) is 4.98 Å². The summed E-state index contributed by atoms with van der Waals surface area (Å²) >= 11 is 0. The third-order valence-corrected chi connectivity index (χ3v) is 5.85. The van der Waals surface area contributed by atoms with Crippen LogP contribution in [0.15, 0.2) is 40.4 Å². The Kier molecular flexibility index (Phi) is 5.84. The first-order valence-corrected chi connectivity index (χ1v) is 11.2. The van der Waals surface area contributed by atoms with Gasteiger partial charge in [-0.3, -0.25) is 18.5 Å². The van der Waals surface area contributed by atoms with Gasteiger partial charge in [-0.25, -0.2) is 9.59 Å². The number of hydrogen-bond donors (Lipinski definition) is 0. The highest BCUT2D eigenvalue weighted by Crippen LogP contribution is 2.28. The molecule has 10 heteroatoms. The van der Waals surface area contributed by atoms with Crippen molar-refractivity contribution in [2.75, 3.05) is 31.1 Å². The van der Waals surface area contributed by atoms with Crippen LogP contribution in [0.1, 0.15) is 26.3 Å². The Morgan fingerprint density at radius 2 is 1.71 bits per heavy atom. The molecule has 1 aromatic carbocycles. The Bertz CT molecular complexity index is 1380. The summed E-state index contributed by atoms with van der Waals surface area (Å²) in [6.45, 7) is 11.3. The molecule has 4 rings (SSSR count). The number of nitrogens with zero attached hydrogens (tertiary/aromatic N) is 6. The van der Waals surface area contributed by atoms with Crippen LogP contribution in [0.4, 0.5) is 10.7 Å². The summed E-state index contributed by atoms with van der Waals surface area (Å²) in [6, 6.07) is 7.57. The molecule has 3 aromatic rings. The van der Waals surface area contributed by atoms with E-state index in [-0.39, 0.29) is 6.09 Å². The van der Waals surface area contributed by atoms with Crippen molar-refractivity contribution in [3.63, 3.8) is 0 Å². The molecule has 1 aliphatic rings. The lowest BCUT2D eigenvalue weighted by Gasteiger charge is -2.36. The van der Waals surface area contributed by atoms with Crippen molar-refractivity contribution in [2.24, 2.45) is 14.1 Å². The van der Waals surface area contributed by atoms with Crippen LogP contribution in [-0.4, -0.2) is 61.5 Å². The van der Waals surface area contributed by atoms with Crippen molar-refractivity contribution in [3.05, 3.63) is 57.2 Å². The van der Waals surface area contributed by atoms with Gasteiger partial charge in [0, 0.05) is 40.3 Å². The van der Waals surface area contributed by atoms with Gasteiger partial charge in [0.15, 0.2) is 11.2 Å². The molecule has 1 fully saturated rings. The summed E-state index contributed by atoms with van der Waals surface area (Å²) in [5.74, 6) is 0.534. The smallest absolute Gasteiger partial charge is 0.410 e. The van der Waals surface area contributed by atoms with Gasteiger partial charge in [0.2, 0.25) is 5.95 Å². The highest BCUT2D eigenvalue weighted by Gasteiger charge is 2.30. The molecule has 2 aromatic heterocycles. The molecule has 1 saturated heterocycles. The molecule has 0 bridgehead atoms. The fourth-order valence-electron chi connectivity index (χ4n) is 4.10. The van der Waals surface area contributed by atoms with Crippen LogP contribution in [0.25, 0.3) is 22.9 Å². The molecular weight excluding hydrogens is 436 g/mol. The molecule has 0 aliphatic carbocycles. The van der Waals surface area contributed by atoms with E-state index in [1.807, 2.05) is 49.9 Å². The number of aryl methyl sites for hydroxylation is 1. The SMILES string of the molecule is C=Cc1ccccc1-n1c(N2CCN(C(=O)OC(C)(C)C)CC2)nc2c1c(=O)n(C)c(=O)n2C. The zero-order chi connectivity index (χ0) is 24.8. The van der Waals surface area contributed by atoms with E-state index < -0.39 is 16.9 Å². The van der Waals surface area contributed by atoms with Crippen molar-refractivity contribution >= 4 is 29.3 Å². The molecule has 1 amide bonds. The molecule has 34 heavy (non-hydrogen) atoms. The predicted molar refractivity (Wildman–Crippen MR) is 132 cm³/mol. The number of rotatable bonds is 3. The Hall–Kier alpha value is -3.82. The van der Waals surface area contributed by atoms with Gasteiger partial charge in [-0.15, -0.1) is 0 Å². The Balaban J connectivity index is 1.83. The second-order valence-electron chi connectivity index (χ2n) is 9.34. The highest BCUT2D eigenvalue weighted by atomic mass is 16.6. The molecule has 0 atom stereocenters. The van der Waals surface area contributed by atoms with Gasteiger partial charge < -0.3 is 14.5 Å². The molecule has 0 spiro atoms. The highest BCUT2D eigenvalue weighted by molar-refractivity contribution is 5.80. The fourth-order valence-corrected chi connectivity index (χ4v) is 4.10. The maximum atomic E-state index is 13.2. The molecular formula is C24H30N6O4. The van der Waals surface area contributed by atoms with Crippen LogP contribution in [0.3, 0.4) is 0 Å². The van der Waals surface area contributed by atoms with E-state index in [0.29, 0.717) is 43.3 Å². The number of fused-ring (bicyclic) bond motifs is 1. The average molecular weight is 467 g/mol. The summed E-state index contributed by atoms with van der Waals surface area (Å²) in [4.78, 5) is 46.8. The zero-order valence-electron chi connectivity index (χ0n) is 20.2. The minimum atomic E-state index is -0.568. The number of ether oxygens (including phenoxy) is 1. The lowest BCUT2D eigenvalue weighted by molar-refractivity contribution is 0.0240. The summed E-state index contributed by atoms with van der Waals surface area (Å²) in [5, 5.41) is 0. The maximum Gasteiger partial charge on any atom is 0.410 e. The number of piperazine rings is 1. The van der Waals surface area contributed by atoms with Crippen molar-refractivity contribution in [1.82, 2.24) is 23.6 Å². The lowest BCUT2D eigenvalue weighted by Crippen LogP contribution is -2.50. The molecule has 0 saturated carbocycles. The van der Waals surface area contributed by atoms with E-state index in [4.69, 9.17) is 9.72 Å². The first-order chi connectivity index (χ1) is 16.0. The third kappa shape index (κ3) is 4.00. The van der Waals surface area contributed by atoms with Crippen molar-refractivity contribution in [3.8, 4) is 5.69 Å². The number of carbonyl (C=O) groups excluding carboxylic acids is 1. The van der Waals surface area contributed by atoms with E-state index in [2.05, 4.69) is 6.58 Å². The molecule has 1 aliphatic heterocycles. The summed E-state index contributed by atoms with van der Waals surface area (Å²) in [6.07, 6.45) is 1.37. The standard InChI is InChI=1S/C24H30N6O4/c1-7-16-10-8-9-11-17(16)30-18-19(26(5)22(32)27(6)20(18)31)25-21(30)28-12-14-29(15-13-28)23(33)34-24(2,3)4/h7-11H,1,12-15H2,2-6H3. The monoisotopic (exact) mass is 466 g/mol. The van der Waals surface area contributed by atoms with E-state index in [9.17, 15) is 14.4 Å². The largest absolute Gasteiger partial charge is 0.444 e. The van der Waals surface area contributed by atoms with E-state index in [1.165, 1.54) is 11.6 Å². The number of hydrogen-bond acceptors (Lipinski definition) is 6. The van der Waals surface area contributed by atoms with Crippen LogP contribution < -0.4 is 16.1 Å². The van der Waals surface area contributed by atoms with Crippen molar-refractivity contribution in [1.29, 1.82) is 0 Å². The number of aromatic nitrogens is 4. The molecule has 0 N–H and O–H groups in total. The van der Waals surface area contributed by atoms with Crippen molar-refractivity contribution < 1.29 is 9.53 Å². The van der Waals surface area contributed by atoms with Gasteiger partial charge in [0.1, 0.15) is 5.60 Å². The fraction of sp³-hybridized carbons (Fsp3) is 0.417. The summed E-state index contributed by atoms with van der Waals surface area (Å²) in [7, 11) is 3.06. The van der Waals surface area contributed by atoms with Crippen LogP contribution in [0.5, 0.6) is 0 Å². The Morgan fingerprint density at radius 1 is 1.06 bits per heavy atom. The number of carbonyl (C=O) groups is 1. The molecule has 10 nitrogen and oxygen atoms in total.